The van der Waals surface area contributed by atoms with Crippen molar-refractivity contribution in [1.29, 1.82) is 0 Å². The summed E-state index contributed by atoms with van der Waals surface area (Å²) >= 11 is 2.27. The van der Waals surface area contributed by atoms with E-state index in [0.717, 1.165) is 11.1 Å². The van der Waals surface area contributed by atoms with Gasteiger partial charge in [-0.3, -0.25) is 0 Å². The quantitative estimate of drug-likeness (QED) is 0.660. The zero-order valence-electron chi connectivity index (χ0n) is 12.3. The van der Waals surface area contributed by atoms with Crippen LogP contribution in [0.25, 0.3) is 10.9 Å². The van der Waals surface area contributed by atoms with Crippen molar-refractivity contribution in [3.05, 3.63) is 67.6 Å². The fraction of sp³-hybridized carbons (Fsp3) is 0.176. The zero-order valence-corrected chi connectivity index (χ0v) is 14.4. The van der Waals surface area contributed by atoms with Gasteiger partial charge in [-0.05, 0) is 65.8 Å². The summed E-state index contributed by atoms with van der Waals surface area (Å²) in [4.78, 5) is 16.5. The first-order valence-electron chi connectivity index (χ1n) is 6.97. The average molecular weight is 406 g/mol. The number of benzene rings is 2. The van der Waals surface area contributed by atoms with Crippen molar-refractivity contribution >= 4 is 39.5 Å². The molecule has 0 saturated carbocycles. The van der Waals surface area contributed by atoms with E-state index in [9.17, 15) is 4.79 Å². The summed E-state index contributed by atoms with van der Waals surface area (Å²) in [7, 11) is 0. The summed E-state index contributed by atoms with van der Waals surface area (Å²) in [5.41, 5.74) is 2.26. The molecule has 1 heterocycles. The maximum absolute atomic E-state index is 12.1. The monoisotopic (exact) mass is 406 g/mol. The van der Waals surface area contributed by atoms with Crippen LogP contribution in [0.5, 0.6) is 0 Å². The molecule has 4 nitrogen and oxygen atoms in total. The third kappa shape index (κ3) is 2.99. The van der Waals surface area contributed by atoms with Crippen molar-refractivity contribution in [3.8, 4) is 0 Å². The van der Waals surface area contributed by atoms with E-state index in [4.69, 9.17) is 4.42 Å². The van der Waals surface area contributed by atoms with Gasteiger partial charge in [-0.25, -0.2) is 4.79 Å². The molecule has 1 unspecified atom stereocenters. The average Bonchev–Trinajstić information content (AvgIpc) is 2.47. The lowest BCUT2D eigenvalue weighted by molar-refractivity contribution is 0.510. The Labute approximate surface area is 141 Å². The molecule has 0 bridgehead atoms. The first-order chi connectivity index (χ1) is 10.5. The maximum Gasteiger partial charge on any atom is 0.348 e. The minimum atomic E-state index is -0.361. The van der Waals surface area contributed by atoms with Crippen molar-refractivity contribution in [2.24, 2.45) is 0 Å². The molecule has 112 valence electrons. The summed E-state index contributed by atoms with van der Waals surface area (Å²) in [6.07, 6.45) is 0. The van der Waals surface area contributed by atoms with Gasteiger partial charge in [-0.1, -0.05) is 24.3 Å². The van der Waals surface area contributed by atoms with Crippen LogP contribution < -0.4 is 10.9 Å². The Kier molecular flexibility index (Phi) is 4.15. The normalized spacial score (nSPS) is 12.3. The van der Waals surface area contributed by atoms with Gasteiger partial charge in [0.15, 0.2) is 0 Å². The molecule has 0 aliphatic carbocycles. The lowest BCUT2D eigenvalue weighted by Crippen LogP contribution is -2.12. The SMILES string of the molecule is Cc1cccc2nc(NC(C)c3ccc(I)cc3)oc(=O)c12. The van der Waals surface area contributed by atoms with Crippen molar-refractivity contribution in [3.63, 3.8) is 0 Å². The number of anilines is 1. The van der Waals surface area contributed by atoms with Crippen LogP contribution in [0.15, 0.2) is 51.7 Å². The number of aryl methyl sites for hydroxylation is 1. The van der Waals surface area contributed by atoms with Crippen LogP contribution in [-0.4, -0.2) is 4.98 Å². The van der Waals surface area contributed by atoms with E-state index in [0.29, 0.717) is 10.9 Å². The Morgan fingerprint density at radius 1 is 1.18 bits per heavy atom. The van der Waals surface area contributed by atoms with Gasteiger partial charge in [0.1, 0.15) is 0 Å². The van der Waals surface area contributed by atoms with E-state index in [1.54, 1.807) is 0 Å². The summed E-state index contributed by atoms with van der Waals surface area (Å²) < 4.78 is 6.49. The van der Waals surface area contributed by atoms with E-state index in [-0.39, 0.29) is 17.7 Å². The molecule has 0 spiro atoms. The van der Waals surface area contributed by atoms with Crippen LogP contribution in [0, 0.1) is 10.5 Å². The molecule has 22 heavy (non-hydrogen) atoms. The van der Waals surface area contributed by atoms with Crippen LogP contribution in [0.2, 0.25) is 0 Å². The van der Waals surface area contributed by atoms with E-state index in [1.807, 2.05) is 56.3 Å². The second-order valence-corrected chi connectivity index (χ2v) is 6.44. The third-order valence-corrected chi connectivity index (χ3v) is 4.30. The summed E-state index contributed by atoms with van der Waals surface area (Å²) in [5, 5.41) is 3.69. The van der Waals surface area contributed by atoms with Crippen molar-refractivity contribution in [1.82, 2.24) is 4.98 Å². The molecular weight excluding hydrogens is 391 g/mol. The van der Waals surface area contributed by atoms with Crippen LogP contribution in [-0.2, 0) is 0 Å². The van der Waals surface area contributed by atoms with Crippen LogP contribution >= 0.6 is 22.6 Å². The van der Waals surface area contributed by atoms with Gasteiger partial charge in [-0.15, -0.1) is 0 Å². The predicted octanol–water partition coefficient (Wildman–Crippen LogP) is 4.27. The van der Waals surface area contributed by atoms with E-state index < -0.39 is 0 Å². The van der Waals surface area contributed by atoms with Gasteiger partial charge in [-0.2, -0.15) is 4.98 Å². The summed E-state index contributed by atoms with van der Waals surface area (Å²) in [6.45, 7) is 3.88. The minimum Gasteiger partial charge on any atom is -0.389 e. The predicted molar refractivity (Wildman–Crippen MR) is 96.2 cm³/mol. The first-order valence-corrected chi connectivity index (χ1v) is 8.05. The van der Waals surface area contributed by atoms with Gasteiger partial charge in [0.05, 0.1) is 16.9 Å². The zero-order chi connectivity index (χ0) is 15.7. The Morgan fingerprint density at radius 2 is 1.91 bits per heavy atom. The number of hydrogen-bond donors (Lipinski definition) is 1. The highest BCUT2D eigenvalue weighted by atomic mass is 127. The van der Waals surface area contributed by atoms with Gasteiger partial charge in [0.2, 0.25) is 0 Å². The van der Waals surface area contributed by atoms with Gasteiger partial charge in [0.25, 0.3) is 6.01 Å². The molecule has 0 radical (unpaired) electrons. The molecule has 0 fully saturated rings. The number of rotatable bonds is 3. The second-order valence-electron chi connectivity index (χ2n) is 5.19. The fourth-order valence-electron chi connectivity index (χ4n) is 2.36. The number of nitrogens with zero attached hydrogens (tertiary/aromatic N) is 1. The third-order valence-electron chi connectivity index (χ3n) is 3.58. The lowest BCUT2D eigenvalue weighted by Gasteiger charge is -2.14. The number of hydrogen-bond acceptors (Lipinski definition) is 4. The summed E-state index contributed by atoms with van der Waals surface area (Å²) in [6, 6.07) is 14.0. The van der Waals surface area contributed by atoms with Crippen molar-refractivity contribution < 1.29 is 4.42 Å². The molecule has 5 heteroatoms. The van der Waals surface area contributed by atoms with Crippen LogP contribution in [0.1, 0.15) is 24.1 Å². The Hall–Kier alpha value is -1.89. The second kappa shape index (κ2) is 6.08. The number of fused-ring (bicyclic) bond motifs is 1. The van der Waals surface area contributed by atoms with Gasteiger partial charge in [0, 0.05) is 3.57 Å². The number of aromatic nitrogens is 1. The van der Waals surface area contributed by atoms with E-state index in [1.165, 1.54) is 3.57 Å². The topological polar surface area (TPSA) is 55.1 Å². The van der Waals surface area contributed by atoms with Crippen molar-refractivity contribution in [2.75, 3.05) is 5.32 Å². The number of halogens is 1. The van der Waals surface area contributed by atoms with Crippen molar-refractivity contribution in [2.45, 2.75) is 19.9 Å². The van der Waals surface area contributed by atoms with Gasteiger partial charge >= 0.3 is 5.63 Å². The number of nitrogens with one attached hydrogen (secondary N) is 1. The Balaban J connectivity index is 1.94. The lowest BCUT2D eigenvalue weighted by atomic mass is 10.1. The molecule has 1 aromatic heterocycles. The smallest absolute Gasteiger partial charge is 0.348 e. The Bertz CT molecular complexity index is 872. The standard InChI is InChI=1S/C17H15IN2O2/c1-10-4-3-5-14-15(10)16(21)22-17(20-14)19-11(2)12-6-8-13(18)9-7-12/h3-9,11H,1-2H3,(H,19,20). The van der Waals surface area contributed by atoms with Crippen LogP contribution in [0.4, 0.5) is 6.01 Å². The molecular formula is C17H15IN2O2. The van der Waals surface area contributed by atoms with Crippen LogP contribution in [0.3, 0.4) is 0 Å². The molecule has 3 rings (SSSR count). The fourth-order valence-corrected chi connectivity index (χ4v) is 2.72. The molecule has 1 N–H and O–H groups in total. The largest absolute Gasteiger partial charge is 0.389 e. The van der Waals surface area contributed by atoms with E-state index in [2.05, 4.69) is 32.9 Å². The molecule has 0 aliphatic rings. The Morgan fingerprint density at radius 3 is 2.64 bits per heavy atom. The molecule has 2 aromatic carbocycles. The molecule has 3 aromatic rings. The van der Waals surface area contributed by atoms with Gasteiger partial charge < -0.3 is 9.73 Å². The molecule has 0 saturated heterocycles. The highest BCUT2D eigenvalue weighted by molar-refractivity contribution is 14.1. The molecule has 0 aliphatic heterocycles. The molecule has 1 atom stereocenters. The molecule has 0 amide bonds. The van der Waals surface area contributed by atoms with E-state index >= 15 is 0 Å². The maximum atomic E-state index is 12.1. The first kappa shape index (κ1) is 15.0. The highest BCUT2D eigenvalue weighted by Crippen LogP contribution is 2.20. The highest BCUT2D eigenvalue weighted by Gasteiger charge is 2.11. The minimum absolute atomic E-state index is 0.00471. The summed E-state index contributed by atoms with van der Waals surface area (Å²) in [5.74, 6) is 0.